The molecule has 3 rings (SSSR count). The van der Waals surface area contributed by atoms with Crippen LogP contribution in [0.15, 0.2) is 60.9 Å². The van der Waals surface area contributed by atoms with Crippen LogP contribution in [-0.2, 0) is 19.4 Å². The molecule has 3 heteroatoms. The van der Waals surface area contributed by atoms with Crippen LogP contribution in [0.4, 0.5) is 0 Å². The molecule has 0 radical (unpaired) electrons. The number of aliphatic hydroxyl groups excluding tert-OH is 1. The van der Waals surface area contributed by atoms with E-state index in [9.17, 15) is 5.11 Å². The fourth-order valence-electron chi connectivity index (χ4n) is 3.26. The lowest BCUT2D eigenvalue weighted by atomic mass is 10.00. The summed E-state index contributed by atoms with van der Waals surface area (Å²) in [5, 5.41) is 9.59. The maximum atomic E-state index is 9.59. The van der Waals surface area contributed by atoms with E-state index < -0.39 is 0 Å². The van der Waals surface area contributed by atoms with E-state index >= 15 is 0 Å². The van der Waals surface area contributed by atoms with Crippen molar-refractivity contribution in [2.24, 2.45) is 0 Å². The molecular formula is C27H34N2O. The van der Waals surface area contributed by atoms with Crippen molar-refractivity contribution in [1.29, 1.82) is 0 Å². The lowest BCUT2D eigenvalue weighted by molar-refractivity contribution is 0.160. The zero-order chi connectivity index (χ0) is 21.8. The van der Waals surface area contributed by atoms with Gasteiger partial charge in [-0.3, -0.25) is 0 Å². The summed E-state index contributed by atoms with van der Waals surface area (Å²) < 4.78 is 2.21. The molecule has 1 N–H and O–H groups in total. The largest absolute Gasteiger partial charge is 0.393 e. The Hall–Kier alpha value is -2.83. The van der Waals surface area contributed by atoms with Crippen LogP contribution in [0, 0.1) is 12.3 Å². The number of aryl methyl sites for hydroxylation is 3. The molecule has 2 aromatic carbocycles. The van der Waals surface area contributed by atoms with E-state index in [-0.39, 0.29) is 6.10 Å². The van der Waals surface area contributed by atoms with Crippen LogP contribution in [0.5, 0.6) is 0 Å². The molecule has 0 bridgehead atoms. The number of nitrogens with zero attached hydrogens (tertiary/aromatic N) is 2. The lowest BCUT2D eigenvalue weighted by Crippen LogP contribution is -2.05. The molecule has 0 saturated heterocycles. The van der Waals surface area contributed by atoms with Gasteiger partial charge in [0.1, 0.15) is 5.82 Å². The van der Waals surface area contributed by atoms with Gasteiger partial charge in [-0.25, -0.2) is 4.98 Å². The molecule has 0 amide bonds. The Labute approximate surface area is 181 Å². The molecule has 1 heterocycles. The van der Waals surface area contributed by atoms with Crippen molar-refractivity contribution in [3.8, 4) is 23.5 Å². The number of aliphatic hydroxyl groups is 1. The van der Waals surface area contributed by atoms with E-state index in [1.807, 2.05) is 43.6 Å². The van der Waals surface area contributed by atoms with Crippen LogP contribution < -0.4 is 0 Å². The van der Waals surface area contributed by atoms with Gasteiger partial charge in [0, 0.05) is 30.9 Å². The summed E-state index contributed by atoms with van der Waals surface area (Å²) in [6.45, 7) is 7.42. The highest BCUT2D eigenvalue weighted by atomic mass is 16.3. The first kappa shape index (κ1) is 23.4. The quantitative estimate of drug-likeness (QED) is 0.477. The fraction of sp³-hybridized carbons (Fsp3) is 0.370. The summed E-state index contributed by atoms with van der Waals surface area (Å²) in [5.74, 6) is 3.82. The fourth-order valence-corrected chi connectivity index (χ4v) is 3.26. The van der Waals surface area contributed by atoms with Gasteiger partial charge in [0.25, 0.3) is 0 Å². The Morgan fingerprint density at radius 3 is 2.17 bits per heavy atom. The van der Waals surface area contributed by atoms with Crippen LogP contribution >= 0.6 is 0 Å². The standard InChI is InChI=1S/C19H20O.C8H14N2/c1-3-15-5-10-17(11-6-15)18-12-7-16(8-13-18)9-14-19(20)4-2;1-3-6-10-7-5-9-8(10)4-2/h1,5-8,10-13,19-20H,4,9,14H2,2H3;5,7H,3-4,6H2,1-2H3. The lowest BCUT2D eigenvalue weighted by Gasteiger charge is -2.08. The Balaban J connectivity index is 0.000000269. The number of aromatic nitrogens is 2. The first-order chi connectivity index (χ1) is 14.6. The summed E-state index contributed by atoms with van der Waals surface area (Å²) in [7, 11) is 0. The van der Waals surface area contributed by atoms with Crippen LogP contribution in [-0.4, -0.2) is 20.8 Å². The number of hydrogen-bond acceptors (Lipinski definition) is 2. The van der Waals surface area contributed by atoms with Crippen molar-refractivity contribution in [2.45, 2.75) is 65.5 Å². The second kappa shape index (κ2) is 12.7. The first-order valence-corrected chi connectivity index (χ1v) is 10.9. The average molecular weight is 403 g/mol. The molecule has 1 aromatic heterocycles. The highest BCUT2D eigenvalue weighted by Crippen LogP contribution is 2.21. The van der Waals surface area contributed by atoms with Crippen molar-refractivity contribution in [3.05, 3.63) is 77.9 Å². The number of benzene rings is 2. The Morgan fingerprint density at radius 2 is 1.63 bits per heavy atom. The third-order valence-corrected chi connectivity index (χ3v) is 5.16. The molecule has 0 saturated carbocycles. The minimum atomic E-state index is -0.189. The summed E-state index contributed by atoms with van der Waals surface area (Å²) >= 11 is 0. The van der Waals surface area contributed by atoms with Crippen LogP contribution in [0.3, 0.4) is 0 Å². The molecule has 0 aliphatic heterocycles. The zero-order valence-corrected chi connectivity index (χ0v) is 18.5. The van der Waals surface area contributed by atoms with Crippen LogP contribution in [0.25, 0.3) is 11.1 Å². The van der Waals surface area contributed by atoms with Gasteiger partial charge in [0.05, 0.1) is 6.10 Å². The molecule has 0 aliphatic rings. The third kappa shape index (κ3) is 7.21. The molecule has 158 valence electrons. The molecule has 1 atom stereocenters. The van der Waals surface area contributed by atoms with Crippen molar-refractivity contribution in [3.63, 3.8) is 0 Å². The normalized spacial score (nSPS) is 11.3. The molecular weight excluding hydrogens is 368 g/mol. The van der Waals surface area contributed by atoms with Gasteiger partial charge in [0.15, 0.2) is 0 Å². The van der Waals surface area contributed by atoms with E-state index in [4.69, 9.17) is 6.42 Å². The summed E-state index contributed by atoms with van der Waals surface area (Å²) in [6, 6.07) is 16.5. The highest BCUT2D eigenvalue weighted by Gasteiger charge is 2.02. The predicted octanol–water partition coefficient (Wildman–Crippen LogP) is 5.89. The third-order valence-electron chi connectivity index (χ3n) is 5.16. The molecule has 0 aliphatic carbocycles. The second-order valence-electron chi connectivity index (χ2n) is 7.41. The Kier molecular flexibility index (Phi) is 9.91. The number of terminal acetylenes is 1. The minimum Gasteiger partial charge on any atom is -0.393 e. The first-order valence-electron chi connectivity index (χ1n) is 10.9. The van der Waals surface area contributed by atoms with Gasteiger partial charge in [0.2, 0.25) is 0 Å². The topological polar surface area (TPSA) is 38.0 Å². The number of imidazole rings is 1. The summed E-state index contributed by atoms with van der Waals surface area (Å²) in [6.07, 6.45) is 13.9. The van der Waals surface area contributed by atoms with Crippen LogP contribution in [0.1, 0.15) is 57.0 Å². The van der Waals surface area contributed by atoms with Crippen molar-refractivity contribution in [1.82, 2.24) is 9.55 Å². The number of rotatable bonds is 8. The van der Waals surface area contributed by atoms with Gasteiger partial charge >= 0.3 is 0 Å². The smallest absolute Gasteiger partial charge is 0.108 e. The molecule has 3 aromatic rings. The van der Waals surface area contributed by atoms with Crippen molar-refractivity contribution in [2.75, 3.05) is 0 Å². The summed E-state index contributed by atoms with van der Waals surface area (Å²) in [4.78, 5) is 4.22. The highest BCUT2D eigenvalue weighted by molar-refractivity contribution is 5.64. The number of hydrogen-bond donors (Lipinski definition) is 1. The van der Waals surface area contributed by atoms with E-state index in [0.29, 0.717) is 0 Å². The van der Waals surface area contributed by atoms with Gasteiger partial charge in [-0.1, -0.05) is 63.1 Å². The van der Waals surface area contributed by atoms with Gasteiger partial charge < -0.3 is 9.67 Å². The summed E-state index contributed by atoms with van der Waals surface area (Å²) in [5.41, 5.74) is 4.53. The van der Waals surface area contributed by atoms with E-state index in [1.54, 1.807) is 0 Å². The maximum Gasteiger partial charge on any atom is 0.108 e. The monoisotopic (exact) mass is 402 g/mol. The Bertz CT molecular complexity index is 901. The van der Waals surface area contributed by atoms with Gasteiger partial charge in [-0.05, 0) is 54.5 Å². The van der Waals surface area contributed by atoms with E-state index in [1.165, 1.54) is 28.9 Å². The SMILES string of the molecule is C#Cc1ccc(-c2ccc(CCC(O)CC)cc2)cc1.CCCn1ccnc1CC. The average Bonchev–Trinajstić information content (AvgIpc) is 3.26. The van der Waals surface area contributed by atoms with Gasteiger partial charge in [-0.15, -0.1) is 6.42 Å². The predicted molar refractivity (Wildman–Crippen MR) is 126 cm³/mol. The molecule has 0 spiro atoms. The second-order valence-corrected chi connectivity index (χ2v) is 7.41. The van der Waals surface area contributed by atoms with E-state index in [2.05, 4.69) is 53.6 Å². The zero-order valence-electron chi connectivity index (χ0n) is 18.5. The van der Waals surface area contributed by atoms with Crippen LogP contribution in [0.2, 0.25) is 0 Å². The van der Waals surface area contributed by atoms with Gasteiger partial charge in [-0.2, -0.15) is 0 Å². The molecule has 0 fully saturated rings. The maximum absolute atomic E-state index is 9.59. The van der Waals surface area contributed by atoms with Crippen molar-refractivity contribution < 1.29 is 5.11 Å². The van der Waals surface area contributed by atoms with E-state index in [0.717, 1.165) is 37.8 Å². The molecule has 1 unspecified atom stereocenters. The minimum absolute atomic E-state index is 0.189. The molecule has 3 nitrogen and oxygen atoms in total. The Morgan fingerprint density at radius 1 is 1.00 bits per heavy atom. The molecule has 30 heavy (non-hydrogen) atoms. The van der Waals surface area contributed by atoms with Crippen molar-refractivity contribution >= 4 is 0 Å².